The summed E-state index contributed by atoms with van der Waals surface area (Å²) in [5, 5.41) is 0. The Hall–Kier alpha value is -2.53. The molecule has 1 aromatic carbocycles. The predicted octanol–water partition coefficient (Wildman–Crippen LogP) is 4.25. The van der Waals surface area contributed by atoms with Crippen LogP contribution in [0.25, 0.3) is 0 Å². The van der Waals surface area contributed by atoms with Crippen molar-refractivity contribution in [1.29, 1.82) is 0 Å². The summed E-state index contributed by atoms with van der Waals surface area (Å²) < 4.78 is 62.2. The summed E-state index contributed by atoms with van der Waals surface area (Å²) in [4.78, 5) is 28.9. The molecule has 3 rings (SSSR count). The van der Waals surface area contributed by atoms with Crippen molar-refractivity contribution in [3.8, 4) is 5.75 Å². The number of carbonyl (C=O) groups is 2. The van der Waals surface area contributed by atoms with Gasteiger partial charge in [0, 0.05) is 39.3 Å². The Morgan fingerprint density at radius 3 is 2.47 bits per heavy atom. The highest BCUT2D eigenvalue weighted by Crippen LogP contribution is 2.35. The Bertz CT molecular complexity index is 914. The minimum atomic E-state index is -4.56. The zero-order valence-corrected chi connectivity index (χ0v) is 21.2. The van der Waals surface area contributed by atoms with Crippen LogP contribution in [-0.2, 0) is 31.7 Å². The van der Waals surface area contributed by atoms with Crippen molar-refractivity contribution in [2.75, 3.05) is 40.0 Å². The molecule has 2 amide bonds. The first-order valence-corrected chi connectivity index (χ1v) is 12.1. The van der Waals surface area contributed by atoms with Crippen molar-refractivity contribution >= 4 is 12.0 Å². The molecule has 0 unspecified atom stereocenters. The third kappa shape index (κ3) is 8.26. The summed E-state index contributed by atoms with van der Waals surface area (Å²) in [6.45, 7) is 6.36. The van der Waals surface area contributed by atoms with Gasteiger partial charge >= 0.3 is 12.3 Å². The van der Waals surface area contributed by atoms with Crippen LogP contribution in [0.2, 0.25) is 0 Å². The van der Waals surface area contributed by atoms with Crippen LogP contribution in [-0.4, -0.2) is 79.6 Å². The van der Waals surface area contributed by atoms with Crippen molar-refractivity contribution in [1.82, 2.24) is 9.80 Å². The van der Waals surface area contributed by atoms with Gasteiger partial charge < -0.3 is 28.7 Å². The fraction of sp³-hybridized carbons (Fsp3) is 0.680. The number of benzene rings is 1. The third-order valence-electron chi connectivity index (χ3n) is 5.67. The fourth-order valence-electron chi connectivity index (χ4n) is 3.84. The highest BCUT2D eigenvalue weighted by molar-refractivity contribution is 5.83. The fourth-order valence-corrected chi connectivity index (χ4v) is 3.84. The van der Waals surface area contributed by atoms with Gasteiger partial charge in [-0.15, -0.1) is 0 Å². The van der Waals surface area contributed by atoms with Gasteiger partial charge in [-0.25, -0.2) is 4.79 Å². The average Bonchev–Trinajstić information content (AvgIpc) is 3.63. The summed E-state index contributed by atoms with van der Waals surface area (Å²) >= 11 is 0. The van der Waals surface area contributed by atoms with E-state index in [4.69, 9.17) is 18.9 Å². The summed E-state index contributed by atoms with van der Waals surface area (Å²) in [5.74, 6) is -0.269. The molecule has 1 heterocycles. The van der Waals surface area contributed by atoms with Gasteiger partial charge in [-0.2, -0.15) is 13.2 Å². The van der Waals surface area contributed by atoms with Crippen molar-refractivity contribution in [2.45, 2.75) is 70.5 Å². The van der Waals surface area contributed by atoms with Crippen LogP contribution >= 0.6 is 0 Å². The number of hydrogen-bond acceptors (Lipinski definition) is 6. The lowest BCUT2D eigenvalue weighted by molar-refractivity contribution is -0.150. The number of morpholine rings is 1. The van der Waals surface area contributed by atoms with Crippen molar-refractivity contribution in [3.05, 3.63) is 29.3 Å². The number of rotatable bonds is 9. The molecular weight excluding hydrogens is 481 g/mol. The van der Waals surface area contributed by atoms with Gasteiger partial charge in [0.2, 0.25) is 0 Å². The first-order chi connectivity index (χ1) is 16.9. The van der Waals surface area contributed by atoms with Crippen LogP contribution < -0.4 is 4.74 Å². The second-order valence-corrected chi connectivity index (χ2v) is 10.0. The summed E-state index contributed by atoms with van der Waals surface area (Å²) in [5.41, 5.74) is -1.21. The lowest BCUT2D eigenvalue weighted by atomic mass is 10.1. The zero-order valence-electron chi connectivity index (χ0n) is 21.2. The number of amides is 2. The number of hydrogen-bond donors (Lipinski definition) is 0. The summed E-state index contributed by atoms with van der Waals surface area (Å²) in [6.07, 6.45) is -3.96. The number of methoxy groups -OCH3 is 1. The van der Waals surface area contributed by atoms with Crippen LogP contribution in [0.5, 0.6) is 5.75 Å². The molecule has 1 saturated heterocycles. The van der Waals surface area contributed by atoms with Crippen LogP contribution in [0.3, 0.4) is 0 Å². The number of alkyl halides is 3. The Balaban J connectivity index is 1.74. The number of nitrogens with zero attached hydrogens (tertiary/aromatic N) is 2. The first-order valence-electron chi connectivity index (χ1n) is 12.1. The topological polar surface area (TPSA) is 77.5 Å². The standard InChI is InChI=1S/C25H35F3N2O6/c1-24(2,3)36-23(32)29-8-11-35-21(16-29)22(31)30(19-6-7-19)15-17-12-18(25(26,27)28)14-20(13-17)34-10-5-9-33-4/h12-14,19,21H,5-11,15-16H2,1-4H3/t21-/m1/s1. The normalized spacial score (nSPS) is 18.6. The number of halogens is 3. The van der Waals surface area contributed by atoms with Gasteiger partial charge in [0.05, 0.1) is 25.3 Å². The Morgan fingerprint density at radius 2 is 1.86 bits per heavy atom. The molecule has 0 radical (unpaired) electrons. The maximum Gasteiger partial charge on any atom is 0.416 e. The van der Waals surface area contributed by atoms with Gasteiger partial charge in [0.15, 0.2) is 6.10 Å². The molecule has 1 saturated carbocycles. The van der Waals surface area contributed by atoms with Crippen molar-refractivity contribution in [2.24, 2.45) is 0 Å². The minimum Gasteiger partial charge on any atom is -0.493 e. The van der Waals surface area contributed by atoms with Crippen LogP contribution in [0.15, 0.2) is 18.2 Å². The zero-order chi connectivity index (χ0) is 26.5. The molecule has 0 spiro atoms. The molecule has 1 aromatic rings. The van der Waals surface area contributed by atoms with E-state index in [0.29, 0.717) is 25.1 Å². The minimum absolute atomic E-state index is 0.0197. The first kappa shape index (κ1) is 28.0. The number of carbonyl (C=O) groups excluding carboxylic acids is 2. The average molecular weight is 517 g/mol. The highest BCUT2D eigenvalue weighted by atomic mass is 19.4. The Kier molecular flexibility index (Phi) is 9.10. The maximum absolute atomic E-state index is 13.6. The molecule has 1 aliphatic carbocycles. The molecule has 0 bridgehead atoms. The molecule has 1 aliphatic heterocycles. The second-order valence-electron chi connectivity index (χ2n) is 10.0. The lowest BCUT2D eigenvalue weighted by Crippen LogP contribution is -2.53. The van der Waals surface area contributed by atoms with E-state index in [2.05, 4.69) is 0 Å². The van der Waals surface area contributed by atoms with Gasteiger partial charge in [-0.1, -0.05) is 0 Å². The van der Waals surface area contributed by atoms with Crippen molar-refractivity contribution in [3.63, 3.8) is 0 Å². The van der Waals surface area contributed by atoms with Crippen LogP contribution in [0, 0.1) is 0 Å². The molecule has 8 nitrogen and oxygen atoms in total. The highest BCUT2D eigenvalue weighted by Gasteiger charge is 2.40. The monoisotopic (exact) mass is 516 g/mol. The van der Waals surface area contributed by atoms with Gasteiger partial charge in [0.25, 0.3) is 5.91 Å². The SMILES string of the molecule is COCCCOc1cc(CN(C(=O)[C@H]2CN(C(=O)OC(C)(C)C)CCO2)C2CC2)cc(C(F)(F)F)c1. The largest absolute Gasteiger partial charge is 0.493 e. The molecule has 1 atom stereocenters. The molecule has 2 aliphatic rings. The summed E-state index contributed by atoms with van der Waals surface area (Å²) in [7, 11) is 1.54. The van der Waals surface area contributed by atoms with Crippen LogP contribution in [0.4, 0.5) is 18.0 Å². The van der Waals surface area contributed by atoms with Crippen molar-refractivity contribution < 1.29 is 41.7 Å². The van der Waals surface area contributed by atoms with E-state index in [0.717, 1.165) is 25.0 Å². The predicted molar refractivity (Wildman–Crippen MR) is 125 cm³/mol. The quantitative estimate of drug-likeness (QED) is 0.457. The van der Waals surface area contributed by atoms with Gasteiger partial charge in [0.1, 0.15) is 11.4 Å². The lowest BCUT2D eigenvalue weighted by Gasteiger charge is -2.36. The smallest absolute Gasteiger partial charge is 0.416 e. The van der Waals surface area contributed by atoms with E-state index in [1.54, 1.807) is 25.7 Å². The Morgan fingerprint density at radius 1 is 1.14 bits per heavy atom. The summed E-state index contributed by atoms with van der Waals surface area (Å²) in [6, 6.07) is 3.44. The second kappa shape index (κ2) is 11.7. The van der Waals surface area contributed by atoms with Crippen LogP contribution in [0.1, 0.15) is 51.2 Å². The van der Waals surface area contributed by atoms with E-state index >= 15 is 0 Å². The Labute approximate surface area is 209 Å². The molecule has 0 N–H and O–H groups in total. The van der Waals surface area contributed by atoms with E-state index in [9.17, 15) is 22.8 Å². The molecule has 11 heteroatoms. The molecule has 36 heavy (non-hydrogen) atoms. The van der Waals surface area contributed by atoms with E-state index < -0.39 is 29.5 Å². The van der Waals surface area contributed by atoms with Gasteiger partial charge in [-0.3, -0.25) is 4.79 Å². The maximum atomic E-state index is 13.6. The third-order valence-corrected chi connectivity index (χ3v) is 5.67. The molecule has 2 fully saturated rings. The number of ether oxygens (including phenoxy) is 4. The molecule has 202 valence electrons. The van der Waals surface area contributed by atoms with E-state index in [1.807, 2.05) is 0 Å². The van der Waals surface area contributed by atoms with Gasteiger partial charge in [-0.05, 0) is 57.4 Å². The van der Waals surface area contributed by atoms with E-state index in [-0.39, 0.29) is 44.0 Å². The molecule has 0 aromatic heterocycles. The van der Waals surface area contributed by atoms with E-state index in [1.165, 1.54) is 18.1 Å². The molecular formula is C25H35F3N2O6.